The van der Waals surface area contributed by atoms with E-state index in [4.69, 9.17) is 4.74 Å². The van der Waals surface area contributed by atoms with Crippen LogP contribution < -0.4 is 5.32 Å². The SMILES string of the molecule is COC1(CC(=O)NCC2(O)CCCCC2)CCC1. The molecule has 18 heavy (non-hydrogen) atoms. The van der Waals surface area contributed by atoms with E-state index in [1.807, 2.05) is 0 Å². The summed E-state index contributed by atoms with van der Waals surface area (Å²) >= 11 is 0. The molecule has 0 saturated heterocycles. The zero-order chi connectivity index (χ0) is 13.1. The Balaban J connectivity index is 1.74. The summed E-state index contributed by atoms with van der Waals surface area (Å²) in [6.45, 7) is 0.394. The van der Waals surface area contributed by atoms with Crippen LogP contribution in [0.4, 0.5) is 0 Å². The van der Waals surface area contributed by atoms with E-state index in [1.54, 1.807) is 7.11 Å². The molecular weight excluding hydrogens is 230 g/mol. The third-order valence-corrected chi connectivity index (χ3v) is 4.58. The molecule has 0 heterocycles. The smallest absolute Gasteiger partial charge is 0.223 e. The quantitative estimate of drug-likeness (QED) is 0.787. The molecule has 0 bridgehead atoms. The summed E-state index contributed by atoms with van der Waals surface area (Å²) in [6, 6.07) is 0. The fourth-order valence-corrected chi connectivity index (χ4v) is 3.03. The molecule has 2 fully saturated rings. The largest absolute Gasteiger partial charge is 0.388 e. The second-order valence-corrected chi connectivity index (χ2v) is 5.98. The topological polar surface area (TPSA) is 58.6 Å². The molecule has 4 nitrogen and oxygen atoms in total. The first-order valence-corrected chi connectivity index (χ1v) is 7.12. The highest BCUT2D eigenvalue weighted by Gasteiger charge is 2.39. The van der Waals surface area contributed by atoms with E-state index in [2.05, 4.69) is 5.32 Å². The summed E-state index contributed by atoms with van der Waals surface area (Å²) < 4.78 is 5.44. The predicted octanol–water partition coefficient (Wildman–Crippen LogP) is 1.76. The number of aliphatic hydroxyl groups is 1. The van der Waals surface area contributed by atoms with Crippen molar-refractivity contribution in [2.75, 3.05) is 13.7 Å². The predicted molar refractivity (Wildman–Crippen MR) is 69.3 cm³/mol. The lowest BCUT2D eigenvalue weighted by Gasteiger charge is -2.40. The van der Waals surface area contributed by atoms with Crippen LogP contribution >= 0.6 is 0 Å². The van der Waals surface area contributed by atoms with Crippen LogP contribution in [0.3, 0.4) is 0 Å². The van der Waals surface area contributed by atoms with E-state index in [0.717, 1.165) is 44.9 Å². The second-order valence-electron chi connectivity index (χ2n) is 5.98. The van der Waals surface area contributed by atoms with Crippen LogP contribution in [-0.2, 0) is 9.53 Å². The van der Waals surface area contributed by atoms with Gasteiger partial charge in [0.05, 0.1) is 17.6 Å². The van der Waals surface area contributed by atoms with E-state index in [9.17, 15) is 9.90 Å². The second kappa shape index (κ2) is 5.57. The Morgan fingerprint density at radius 1 is 1.17 bits per heavy atom. The molecule has 0 aliphatic heterocycles. The Kier molecular flexibility index (Phi) is 4.28. The average Bonchev–Trinajstić information content (AvgIpc) is 2.32. The van der Waals surface area contributed by atoms with Gasteiger partial charge in [-0.3, -0.25) is 4.79 Å². The first-order valence-electron chi connectivity index (χ1n) is 7.12. The van der Waals surface area contributed by atoms with Gasteiger partial charge >= 0.3 is 0 Å². The van der Waals surface area contributed by atoms with Gasteiger partial charge in [0.2, 0.25) is 5.91 Å². The fraction of sp³-hybridized carbons (Fsp3) is 0.929. The molecule has 2 aliphatic rings. The molecular formula is C14H25NO3. The zero-order valence-corrected chi connectivity index (χ0v) is 11.3. The molecule has 0 unspecified atom stereocenters. The van der Waals surface area contributed by atoms with Gasteiger partial charge in [-0.15, -0.1) is 0 Å². The summed E-state index contributed by atoms with van der Waals surface area (Å²) in [5.74, 6) is 0.00977. The molecule has 104 valence electrons. The lowest BCUT2D eigenvalue weighted by atomic mass is 9.77. The number of carbonyl (C=O) groups excluding carboxylic acids is 1. The summed E-state index contributed by atoms with van der Waals surface area (Å²) in [4.78, 5) is 11.9. The Bertz CT molecular complexity index is 288. The van der Waals surface area contributed by atoms with Gasteiger partial charge in [0.1, 0.15) is 0 Å². The van der Waals surface area contributed by atoms with E-state index in [-0.39, 0.29) is 11.5 Å². The molecule has 2 N–H and O–H groups in total. The maximum atomic E-state index is 11.9. The maximum absolute atomic E-state index is 11.9. The number of methoxy groups -OCH3 is 1. The van der Waals surface area contributed by atoms with Crippen molar-refractivity contribution < 1.29 is 14.6 Å². The minimum atomic E-state index is -0.673. The molecule has 4 heteroatoms. The van der Waals surface area contributed by atoms with Crippen molar-refractivity contribution in [1.82, 2.24) is 5.32 Å². The molecule has 0 aromatic heterocycles. The van der Waals surface area contributed by atoms with Gasteiger partial charge in [-0.25, -0.2) is 0 Å². The first kappa shape index (κ1) is 13.8. The lowest BCUT2D eigenvalue weighted by molar-refractivity contribution is -0.135. The molecule has 0 aromatic rings. The Morgan fingerprint density at radius 3 is 2.33 bits per heavy atom. The van der Waals surface area contributed by atoms with Gasteiger partial charge < -0.3 is 15.2 Å². The highest BCUT2D eigenvalue weighted by molar-refractivity contribution is 5.77. The van der Waals surface area contributed by atoms with Crippen molar-refractivity contribution in [3.63, 3.8) is 0 Å². The van der Waals surface area contributed by atoms with E-state index in [0.29, 0.717) is 13.0 Å². The van der Waals surface area contributed by atoms with Crippen LogP contribution in [0.1, 0.15) is 57.8 Å². The highest BCUT2D eigenvalue weighted by atomic mass is 16.5. The molecule has 2 rings (SSSR count). The van der Waals surface area contributed by atoms with Gasteiger partial charge in [0, 0.05) is 13.7 Å². The summed E-state index contributed by atoms with van der Waals surface area (Å²) in [5.41, 5.74) is -0.896. The van der Waals surface area contributed by atoms with Crippen LogP contribution in [-0.4, -0.2) is 35.9 Å². The van der Waals surface area contributed by atoms with Gasteiger partial charge in [0.25, 0.3) is 0 Å². The molecule has 2 aliphatic carbocycles. The van der Waals surface area contributed by atoms with E-state index in [1.165, 1.54) is 6.42 Å². The van der Waals surface area contributed by atoms with Gasteiger partial charge in [-0.2, -0.15) is 0 Å². The number of carbonyl (C=O) groups is 1. The van der Waals surface area contributed by atoms with Gasteiger partial charge in [0.15, 0.2) is 0 Å². The van der Waals surface area contributed by atoms with E-state index >= 15 is 0 Å². The van der Waals surface area contributed by atoms with Crippen molar-refractivity contribution in [3.05, 3.63) is 0 Å². The van der Waals surface area contributed by atoms with Crippen molar-refractivity contribution in [2.24, 2.45) is 0 Å². The van der Waals surface area contributed by atoms with Crippen LogP contribution in [0.5, 0.6) is 0 Å². The van der Waals surface area contributed by atoms with Crippen molar-refractivity contribution in [3.8, 4) is 0 Å². The van der Waals surface area contributed by atoms with Gasteiger partial charge in [-0.1, -0.05) is 19.3 Å². The minimum Gasteiger partial charge on any atom is -0.388 e. The normalized spacial score (nSPS) is 25.2. The monoisotopic (exact) mass is 255 g/mol. The van der Waals surface area contributed by atoms with Crippen molar-refractivity contribution in [1.29, 1.82) is 0 Å². The minimum absolute atomic E-state index is 0.00977. The number of rotatable bonds is 5. The van der Waals surface area contributed by atoms with E-state index < -0.39 is 5.60 Å². The summed E-state index contributed by atoms with van der Waals surface area (Å²) in [5, 5.41) is 13.2. The Morgan fingerprint density at radius 2 is 1.83 bits per heavy atom. The zero-order valence-electron chi connectivity index (χ0n) is 11.3. The third kappa shape index (κ3) is 3.23. The third-order valence-electron chi connectivity index (χ3n) is 4.58. The number of ether oxygens (including phenoxy) is 1. The van der Waals surface area contributed by atoms with Crippen LogP contribution in [0.15, 0.2) is 0 Å². The van der Waals surface area contributed by atoms with Crippen LogP contribution in [0.2, 0.25) is 0 Å². The summed E-state index contributed by atoms with van der Waals surface area (Å²) in [7, 11) is 1.68. The van der Waals surface area contributed by atoms with Crippen LogP contribution in [0.25, 0.3) is 0 Å². The average molecular weight is 255 g/mol. The Hall–Kier alpha value is -0.610. The number of hydrogen-bond acceptors (Lipinski definition) is 3. The van der Waals surface area contributed by atoms with Crippen molar-refractivity contribution in [2.45, 2.75) is 69.0 Å². The molecule has 2 saturated carbocycles. The summed E-state index contributed by atoms with van der Waals surface area (Å²) in [6.07, 6.45) is 8.46. The number of amides is 1. The standard InChI is InChI=1S/C14H25NO3/c1-18-14(8-5-9-14)10-12(16)15-11-13(17)6-3-2-4-7-13/h17H,2-11H2,1H3,(H,15,16). The molecule has 0 atom stereocenters. The molecule has 0 aromatic carbocycles. The fourth-order valence-electron chi connectivity index (χ4n) is 3.03. The number of hydrogen-bond donors (Lipinski definition) is 2. The first-order chi connectivity index (χ1) is 8.58. The van der Waals surface area contributed by atoms with Gasteiger partial charge in [-0.05, 0) is 32.1 Å². The lowest BCUT2D eigenvalue weighted by Crippen LogP contribution is -2.48. The molecule has 1 amide bonds. The van der Waals surface area contributed by atoms with Crippen LogP contribution in [0, 0.1) is 0 Å². The highest BCUT2D eigenvalue weighted by Crippen LogP contribution is 2.38. The number of nitrogens with one attached hydrogen (secondary N) is 1. The Labute approximate surface area is 109 Å². The maximum Gasteiger partial charge on any atom is 0.223 e. The molecule has 0 radical (unpaired) electrons. The molecule has 0 spiro atoms. The van der Waals surface area contributed by atoms with Crippen molar-refractivity contribution >= 4 is 5.91 Å².